The molecule has 0 aliphatic rings. The zero-order valence-electron chi connectivity index (χ0n) is 10.4. The van der Waals surface area contributed by atoms with Gasteiger partial charge >= 0.3 is 0 Å². The van der Waals surface area contributed by atoms with Gasteiger partial charge in [0.1, 0.15) is 0 Å². The Labute approximate surface area is 107 Å². The lowest BCUT2D eigenvalue weighted by atomic mass is 10.1. The van der Waals surface area contributed by atoms with Gasteiger partial charge in [0.25, 0.3) is 5.91 Å². The molecule has 0 fully saturated rings. The van der Waals surface area contributed by atoms with E-state index in [1.807, 2.05) is 26.2 Å². The van der Waals surface area contributed by atoms with Crippen molar-refractivity contribution >= 4 is 17.7 Å². The van der Waals surface area contributed by atoms with Crippen LogP contribution in [0.3, 0.4) is 0 Å². The van der Waals surface area contributed by atoms with Crippen molar-refractivity contribution in [3.63, 3.8) is 0 Å². The zero-order chi connectivity index (χ0) is 12.9. The van der Waals surface area contributed by atoms with Gasteiger partial charge < -0.3 is 10.4 Å². The molecule has 0 spiro atoms. The minimum absolute atomic E-state index is 0.0218. The van der Waals surface area contributed by atoms with Crippen LogP contribution in [-0.4, -0.2) is 28.6 Å². The van der Waals surface area contributed by atoms with Crippen LogP contribution in [-0.2, 0) is 4.79 Å². The van der Waals surface area contributed by atoms with Crippen molar-refractivity contribution in [2.75, 3.05) is 12.8 Å². The molecule has 94 valence electrons. The summed E-state index contributed by atoms with van der Waals surface area (Å²) < 4.78 is -0.0218. The van der Waals surface area contributed by atoms with Crippen LogP contribution in [0.5, 0.6) is 0 Å². The average Bonchev–Trinajstić information content (AvgIpc) is 2.36. The highest BCUT2D eigenvalue weighted by atomic mass is 32.2. The summed E-state index contributed by atoms with van der Waals surface area (Å²) in [5.41, 5.74) is 0.618. The fourth-order valence-corrected chi connectivity index (χ4v) is 1.47. The summed E-state index contributed by atoms with van der Waals surface area (Å²) in [4.78, 5) is 11.7. The van der Waals surface area contributed by atoms with Gasteiger partial charge in [-0.1, -0.05) is 30.3 Å². The summed E-state index contributed by atoms with van der Waals surface area (Å²) in [7, 11) is 0. The summed E-state index contributed by atoms with van der Waals surface area (Å²) in [5.74, 6) is -0.349. The van der Waals surface area contributed by atoms with Gasteiger partial charge in [0.2, 0.25) is 0 Å². The standard InChI is InChI=1S/C13H19NO2S/c1-13(2,17-3)9-14-12(16)11(15)10-7-5-4-6-8-10/h4-8,11,15H,9H2,1-3H3,(H,14,16). The molecule has 1 aromatic carbocycles. The smallest absolute Gasteiger partial charge is 0.253 e. The van der Waals surface area contributed by atoms with E-state index in [4.69, 9.17) is 0 Å². The molecule has 0 heterocycles. The molecular formula is C13H19NO2S. The molecule has 17 heavy (non-hydrogen) atoms. The lowest BCUT2D eigenvalue weighted by molar-refractivity contribution is -0.129. The number of hydrogen-bond donors (Lipinski definition) is 2. The SMILES string of the molecule is CSC(C)(C)CNC(=O)C(O)c1ccccc1. The predicted octanol–water partition coefficient (Wildman–Crippen LogP) is 1.98. The van der Waals surface area contributed by atoms with Gasteiger partial charge in [-0.3, -0.25) is 4.79 Å². The molecular weight excluding hydrogens is 234 g/mol. The summed E-state index contributed by atoms with van der Waals surface area (Å²) in [5, 5.41) is 12.6. The highest BCUT2D eigenvalue weighted by Crippen LogP contribution is 2.20. The Bertz CT molecular complexity index is 365. The van der Waals surface area contributed by atoms with Crippen molar-refractivity contribution < 1.29 is 9.90 Å². The first-order chi connectivity index (χ1) is 7.96. The molecule has 0 radical (unpaired) electrons. The first kappa shape index (κ1) is 14.1. The minimum atomic E-state index is -1.09. The fourth-order valence-electron chi connectivity index (χ4n) is 1.26. The van der Waals surface area contributed by atoms with Crippen molar-refractivity contribution in [2.45, 2.75) is 24.7 Å². The Morgan fingerprint density at radius 3 is 2.53 bits per heavy atom. The van der Waals surface area contributed by atoms with Crippen LogP contribution in [0.4, 0.5) is 0 Å². The van der Waals surface area contributed by atoms with Crippen molar-refractivity contribution in [2.24, 2.45) is 0 Å². The molecule has 0 aromatic heterocycles. The molecule has 1 aromatic rings. The first-order valence-electron chi connectivity index (χ1n) is 5.52. The molecule has 1 rings (SSSR count). The van der Waals surface area contributed by atoms with Crippen LogP contribution in [0.2, 0.25) is 0 Å². The first-order valence-corrected chi connectivity index (χ1v) is 6.74. The number of hydrogen-bond acceptors (Lipinski definition) is 3. The maximum absolute atomic E-state index is 11.7. The van der Waals surface area contributed by atoms with Crippen LogP contribution in [0.15, 0.2) is 30.3 Å². The summed E-state index contributed by atoms with van der Waals surface area (Å²) in [6.45, 7) is 4.64. The van der Waals surface area contributed by atoms with Gasteiger partial charge in [0.05, 0.1) is 0 Å². The molecule has 0 bridgehead atoms. The molecule has 4 heteroatoms. The van der Waals surface area contributed by atoms with E-state index in [-0.39, 0.29) is 10.7 Å². The maximum atomic E-state index is 11.7. The number of nitrogens with one attached hydrogen (secondary N) is 1. The molecule has 0 aliphatic carbocycles. The third-order valence-electron chi connectivity index (χ3n) is 2.60. The molecule has 1 amide bonds. The number of aliphatic hydroxyl groups excluding tert-OH is 1. The van der Waals surface area contributed by atoms with Crippen LogP contribution < -0.4 is 5.32 Å². The van der Waals surface area contributed by atoms with Gasteiger partial charge in [0, 0.05) is 11.3 Å². The Kier molecular flexibility index (Phi) is 5.02. The predicted molar refractivity (Wildman–Crippen MR) is 72.0 cm³/mol. The van der Waals surface area contributed by atoms with Crippen molar-refractivity contribution in [3.8, 4) is 0 Å². The lowest BCUT2D eigenvalue weighted by Gasteiger charge is -2.23. The highest BCUT2D eigenvalue weighted by Gasteiger charge is 2.21. The Morgan fingerprint density at radius 1 is 1.41 bits per heavy atom. The van der Waals surface area contributed by atoms with Crippen molar-refractivity contribution in [1.29, 1.82) is 0 Å². The third-order valence-corrected chi connectivity index (χ3v) is 3.85. The molecule has 1 unspecified atom stereocenters. The van der Waals surface area contributed by atoms with E-state index in [0.717, 1.165) is 0 Å². The number of carbonyl (C=O) groups excluding carboxylic acids is 1. The van der Waals surface area contributed by atoms with E-state index in [0.29, 0.717) is 12.1 Å². The molecule has 3 nitrogen and oxygen atoms in total. The number of aliphatic hydroxyl groups is 1. The molecule has 1 atom stereocenters. The van der Waals surface area contributed by atoms with E-state index < -0.39 is 6.10 Å². The maximum Gasteiger partial charge on any atom is 0.253 e. The second kappa shape index (κ2) is 6.07. The van der Waals surface area contributed by atoms with Crippen LogP contribution >= 0.6 is 11.8 Å². The monoisotopic (exact) mass is 253 g/mol. The molecule has 0 saturated heterocycles. The lowest BCUT2D eigenvalue weighted by Crippen LogP contribution is -2.38. The van der Waals surface area contributed by atoms with Gasteiger partial charge in [-0.25, -0.2) is 0 Å². The average molecular weight is 253 g/mol. The van der Waals surface area contributed by atoms with E-state index >= 15 is 0 Å². The molecule has 0 saturated carbocycles. The summed E-state index contributed by atoms with van der Waals surface area (Å²) in [6.07, 6.45) is 0.911. The normalized spacial score (nSPS) is 13.2. The Balaban J connectivity index is 2.54. The quantitative estimate of drug-likeness (QED) is 0.843. The van der Waals surface area contributed by atoms with Crippen molar-refractivity contribution in [3.05, 3.63) is 35.9 Å². The number of benzene rings is 1. The van der Waals surface area contributed by atoms with Gasteiger partial charge in [-0.05, 0) is 25.7 Å². The van der Waals surface area contributed by atoms with E-state index in [1.165, 1.54) is 0 Å². The number of rotatable bonds is 5. The third kappa shape index (κ3) is 4.40. The fraction of sp³-hybridized carbons (Fsp3) is 0.462. The van der Waals surface area contributed by atoms with E-state index in [1.54, 1.807) is 36.0 Å². The summed E-state index contributed by atoms with van der Waals surface area (Å²) >= 11 is 1.68. The number of amides is 1. The number of thioether (sulfide) groups is 1. The van der Waals surface area contributed by atoms with Crippen molar-refractivity contribution in [1.82, 2.24) is 5.32 Å². The Hall–Kier alpha value is -1.00. The van der Waals surface area contributed by atoms with Gasteiger partial charge in [-0.15, -0.1) is 0 Å². The molecule has 0 aliphatic heterocycles. The van der Waals surface area contributed by atoms with Gasteiger partial charge in [0.15, 0.2) is 6.10 Å². The minimum Gasteiger partial charge on any atom is -0.378 e. The van der Waals surface area contributed by atoms with Crippen LogP contribution in [0.1, 0.15) is 25.5 Å². The number of carbonyl (C=O) groups is 1. The summed E-state index contributed by atoms with van der Waals surface area (Å²) in [6, 6.07) is 8.94. The topological polar surface area (TPSA) is 49.3 Å². The second-order valence-electron chi connectivity index (χ2n) is 4.49. The van der Waals surface area contributed by atoms with Gasteiger partial charge in [-0.2, -0.15) is 11.8 Å². The second-order valence-corrected chi connectivity index (χ2v) is 6.01. The largest absolute Gasteiger partial charge is 0.378 e. The zero-order valence-corrected chi connectivity index (χ0v) is 11.3. The van der Waals surface area contributed by atoms with Crippen LogP contribution in [0.25, 0.3) is 0 Å². The highest BCUT2D eigenvalue weighted by molar-refractivity contribution is 7.99. The van der Waals surface area contributed by atoms with E-state index in [2.05, 4.69) is 5.32 Å². The van der Waals surface area contributed by atoms with Crippen LogP contribution in [0, 0.1) is 0 Å². The van der Waals surface area contributed by atoms with E-state index in [9.17, 15) is 9.90 Å². The molecule has 2 N–H and O–H groups in total. The Morgan fingerprint density at radius 2 is 2.00 bits per heavy atom.